The molecule has 0 radical (unpaired) electrons. The summed E-state index contributed by atoms with van der Waals surface area (Å²) < 4.78 is 2.20. The van der Waals surface area contributed by atoms with Gasteiger partial charge < -0.3 is 5.11 Å². The molecule has 2 heterocycles. The molecule has 0 bridgehead atoms. The Morgan fingerprint density at radius 1 is 1.14 bits per heavy atom. The third-order valence-corrected chi connectivity index (χ3v) is 3.85. The number of ketones is 1. The molecule has 0 saturated carbocycles. The van der Waals surface area contributed by atoms with Gasteiger partial charge in [0.05, 0.1) is 5.69 Å². The molecule has 0 aliphatic carbocycles. The summed E-state index contributed by atoms with van der Waals surface area (Å²) >= 11 is 2.15. The predicted molar refractivity (Wildman–Crippen MR) is 88.4 cm³/mol. The number of hydrogen-bond acceptors (Lipinski definition) is 4. The monoisotopic (exact) mass is 407 g/mol. The molecule has 0 fully saturated rings. The summed E-state index contributed by atoms with van der Waals surface area (Å²) in [4.78, 5) is 28.2. The van der Waals surface area contributed by atoms with Crippen molar-refractivity contribution in [1.29, 1.82) is 0 Å². The Bertz CT molecular complexity index is 883. The quantitative estimate of drug-likeness (QED) is 0.514. The number of benzene rings is 1. The van der Waals surface area contributed by atoms with E-state index in [1.807, 2.05) is 12.1 Å². The summed E-state index contributed by atoms with van der Waals surface area (Å²) in [5.41, 5.74) is -0.0810. The Kier molecular flexibility index (Phi) is 3.80. The number of aromatic amines is 1. The van der Waals surface area contributed by atoms with E-state index in [1.165, 1.54) is 29.2 Å². The number of aromatic nitrogens is 3. The first kappa shape index (κ1) is 14.5. The number of pyridine rings is 1. The van der Waals surface area contributed by atoms with Crippen LogP contribution in [0.4, 0.5) is 0 Å². The molecule has 6 nitrogen and oxygen atoms in total. The van der Waals surface area contributed by atoms with Gasteiger partial charge in [-0.15, -0.1) is 0 Å². The van der Waals surface area contributed by atoms with Crippen LogP contribution in [0.5, 0.6) is 5.88 Å². The molecule has 0 spiro atoms. The summed E-state index contributed by atoms with van der Waals surface area (Å²) in [6, 6.07) is 10.1. The molecule has 7 heteroatoms. The molecule has 2 N–H and O–H groups in total. The molecule has 3 rings (SSSR count). The van der Waals surface area contributed by atoms with Crippen LogP contribution in [0.3, 0.4) is 0 Å². The molecule has 22 heavy (non-hydrogen) atoms. The van der Waals surface area contributed by atoms with Crippen molar-refractivity contribution < 1.29 is 9.90 Å². The van der Waals surface area contributed by atoms with E-state index in [9.17, 15) is 14.7 Å². The molecular weight excluding hydrogens is 397 g/mol. The Morgan fingerprint density at radius 3 is 2.41 bits per heavy atom. The van der Waals surface area contributed by atoms with Gasteiger partial charge in [-0.2, -0.15) is 0 Å². The van der Waals surface area contributed by atoms with Gasteiger partial charge >= 0.3 is 0 Å². The first-order chi connectivity index (χ1) is 10.6. The smallest absolute Gasteiger partial charge is 0.279 e. The fourth-order valence-electron chi connectivity index (χ4n) is 2.05. The van der Waals surface area contributed by atoms with Gasteiger partial charge in [0, 0.05) is 21.5 Å². The predicted octanol–water partition coefficient (Wildman–Crippen LogP) is 2.10. The zero-order valence-electron chi connectivity index (χ0n) is 11.2. The molecule has 3 aromatic rings. The van der Waals surface area contributed by atoms with Crippen LogP contribution >= 0.6 is 22.6 Å². The van der Waals surface area contributed by atoms with Crippen molar-refractivity contribution in [2.45, 2.75) is 0 Å². The van der Waals surface area contributed by atoms with Crippen molar-refractivity contribution in [3.8, 4) is 11.6 Å². The van der Waals surface area contributed by atoms with E-state index in [1.54, 1.807) is 12.1 Å². The number of carbonyl (C=O) groups is 1. The number of H-pyrrole nitrogens is 1. The molecule has 0 atom stereocenters. The minimum Gasteiger partial charge on any atom is -0.493 e. The van der Waals surface area contributed by atoms with E-state index >= 15 is 0 Å². The van der Waals surface area contributed by atoms with E-state index in [0.717, 1.165) is 3.57 Å². The van der Waals surface area contributed by atoms with Gasteiger partial charge in [0.1, 0.15) is 0 Å². The lowest BCUT2D eigenvalue weighted by molar-refractivity contribution is 0.103. The highest BCUT2D eigenvalue weighted by Gasteiger charge is 2.23. The summed E-state index contributed by atoms with van der Waals surface area (Å²) in [6.45, 7) is 0. The Hall–Kier alpha value is -2.42. The molecule has 0 aliphatic heterocycles. The zero-order chi connectivity index (χ0) is 15.7. The summed E-state index contributed by atoms with van der Waals surface area (Å²) in [7, 11) is 0. The zero-order valence-corrected chi connectivity index (χ0v) is 13.3. The van der Waals surface area contributed by atoms with Crippen LogP contribution in [-0.4, -0.2) is 25.7 Å². The van der Waals surface area contributed by atoms with Crippen LogP contribution in [0, 0.1) is 3.57 Å². The highest BCUT2D eigenvalue weighted by Crippen LogP contribution is 2.21. The summed E-state index contributed by atoms with van der Waals surface area (Å²) in [5.74, 6) is -0.960. The van der Waals surface area contributed by atoms with Gasteiger partial charge in [0.15, 0.2) is 5.56 Å². The lowest BCUT2D eigenvalue weighted by Crippen LogP contribution is -2.13. The molecule has 0 amide bonds. The van der Waals surface area contributed by atoms with Crippen molar-refractivity contribution in [1.82, 2.24) is 14.8 Å². The standard InChI is InChI=1S/C15H10IN3O3/c16-10-1-3-11(4-2-10)19-15(22)12(14(21)18-19)13(20)9-5-7-17-8-6-9/h1-8,22H,(H,18,21). The highest BCUT2D eigenvalue weighted by atomic mass is 127. The number of hydrogen-bond donors (Lipinski definition) is 2. The topological polar surface area (TPSA) is 88.0 Å². The minimum atomic E-state index is -0.641. The fourth-order valence-corrected chi connectivity index (χ4v) is 2.41. The maximum absolute atomic E-state index is 12.4. The number of nitrogens with one attached hydrogen (secondary N) is 1. The van der Waals surface area contributed by atoms with Crippen LogP contribution in [0.25, 0.3) is 5.69 Å². The number of aromatic hydroxyl groups is 1. The Balaban J connectivity index is 2.10. The number of halogens is 1. The Labute approximate surface area is 138 Å². The van der Waals surface area contributed by atoms with E-state index in [0.29, 0.717) is 5.69 Å². The van der Waals surface area contributed by atoms with E-state index in [-0.39, 0.29) is 11.1 Å². The maximum atomic E-state index is 12.4. The second-order valence-electron chi connectivity index (χ2n) is 4.52. The molecular formula is C15H10IN3O3. The second-order valence-corrected chi connectivity index (χ2v) is 5.76. The fraction of sp³-hybridized carbons (Fsp3) is 0. The molecule has 0 unspecified atom stereocenters. The first-order valence-corrected chi connectivity index (χ1v) is 7.40. The summed E-state index contributed by atoms with van der Waals surface area (Å²) in [6.07, 6.45) is 2.91. The molecule has 1 aromatic carbocycles. The molecule has 110 valence electrons. The van der Waals surface area contributed by atoms with Gasteiger partial charge in [-0.05, 0) is 59.0 Å². The van der Waals surface area contributed by atoms with Crippen LogP contribution in [0.1, 0.15) is 15.9 Å². The lowest BCUT2D eigenvalue weighted by Gasteiger charge is -2.04. The second kappa shape index (κ2) is 5.76. The average Bonchev–Trinajstić information content (AvgIpc) is 2.83. The third kappa shape index (κ3) is 2.54. The van der Waals surface area contributed by atoms with E-state index in [2.05, 4.69) is 32.7 Å². The van der Waals surface area contributed by atoms with Crippen molar-refractivity contribution in [3.63, 3.8) is 0 Å². The number of carbonyl (C=O) groups excluding carboxylic acids is 1. The SMILES string of the molecule is O=C(c1ccncc1)c1c(O)n(-c2ccc(I)cc2)[nH]c1=O. The Morgan fingerprint density at radius 2 is 1.77 bits per heavy atom. The maximum Gasteiger partial charge on any atom is 0.279 e. The average molecular weight is 407 g/mol. The van der Waals surface area contributed by atoms with Crippen LogP contribution in [-0.2, 0) is 0 Å². The van der Waals surface area contributed by atoms with Gasteiger partial charge in [0.2, 0.25) is 11.7 Å². The number of rotatable bonds is 3. The van der Waals surface area contributed by atoms with Crippen molar-refractivity contribution in [2.24, 2.45) is 0 Å². The van der Waals surface area contributed by atoms with Crippen LogP contribution in [0.15, 0.2) is 53.6 Å². The van der Waals surface area contributed by atoms with E-state index in [4.69, 9.17) is 0 Å². The minimum absolute atomic E-state index is 0.287. The van der Waals surface area contributed by atoms with Crippen molar-refractivity contribution in [3.05, 3.63) is 73.8 Å². The van der Waals surface area contributed by atoms with E-state index < -0.39 is 17.2 Å². The largest absolute Gasteiger partial charge is 0.493 e. The summed E-state index contributed by atoms with van der Waals surface area (Å²) in [5, 5.41) is 12.7. The van der Waals surface area contributed by atoms with Crippen molar-refractivity contribution in [2.75, 3.05) is 0 Å². The van der Waals surface area contributed by atoms with Crippen molar-refractivity contribution >= 4 is 28.4 Å². The third-order valence-electron chi connectivity index (χ3n) is 3.13. The lowest BCUT2D eigenvalue weighted by atomic mass is 10.1. The highest BCUT2D eigenvalue weighted by molar-refractivity contribution is 14.1. The van der Waals surface area contributed by atoms with Crippen LogP contribution in [0.2, 0.25) is 0 Å². The van der Waals surface area contributed by atoms with Gasteiger partial charge in [-0.25, -0.2) is 4.68 Å². The van der Waals surface area contributed by atoms with Gasteiger partial charge in [-0.1, -0.05) is 0 Å². The number of nitrogens with zero attached hydrogens (tertiary/aromatic N) is 2. The van der Waals surface area contributed by atoms with Gasteiger partial charge in [0.25, 0.3) is 5.56 Å². The van der Waals surface area contributed by atoms with Crippen LogP contribution < -0.4 is 5.56 Å². The van der Waals surface area contributed by atoms with Gasteiger partial charge in [-0.3, -0.25) is 19.7 Å². The molecule has 2 aromatic heterocycles. The molecule has 0 aliphatic rings. The first-order valence-electron chi connectivity index (χ1n) is 6.32. The normalized spacial score (nSPS) is 10.6. The molecule has 0 saturated heterocycles.